The Kier molecular flexibility index (Phi) is 5.94. The van der Waals surface area contributed by atoms with E-state index < -0.39 is 0 Å². The lowest BCUT2D eigenvalue weighted by Gasteiger charge is -2.19. The number of anilines is 1. The Morgan fingerprint density at radius 2 is 1.86 bits per heavy atom. The molecule has 2 nitrogen and oxygen atoms in total. The summed E-state index contributed by atoms with van der Waals surface area (Å²) < 4.78 is 5.60. The van der Waals surface area contributed by atoms with Gasteiger partial charge in [0.1, 0.15) is 5.75 Å². The predicted molar refractivity (Wildman–Crippen MR) is 90.3 cm³/mol. The second-order valence-corrected chi connectivity index (χ2v) is 5.42. The molecule has 0 fully saturated rings. The van der Waals surface area contributed by atoms with Crippen LogP contribution in [0.3, 0.4) is 0 Å². The quantitative estimate of drug-likeness (QED) is 0.709. The molecule has 0 bridgehead atoms. The van der Waals surface area contributed by atoms with Crippen LogP contribution < -0.4 is 10.1 Å². The van der Waals surface area contributed by atoms with E-state index in [9.17, 15) is 0 Å². The first-order valence-electron chi connectivity index (χ1n) is 7.48. The molecule has 0 aliphatic heterocycles. The monoisotopic (exact) mass is 303 g/mol. The van der Waals surface area contributed by atoms with Crippen LogP contribution in [-0.2, 0) is 0 Å². The van der Waals surface area contributed by atoms with E-state index in [1.54, 1.807) is 0 Å². The van der Waals surface area contributed by atoms with E-state index in [1.807, 2.05) is 24.3 Å². The molecule has 112 valence electrons. The van der Waals surface area contributed by atoms with Gasteiger partial charge in [0, 0.05) is 5.69 Å². The SMILES string of the molecule is CCCOc1ccc(NC(CC)c2ccccc2)cc1Cl. The van der Waals surface area contributed by atoms with E-state index in [2.05, 4.69) is 43.4 Å². The van der Waals surface area contributed by atoms with Crippen LogP contribution in [0.4, 0.5) is 5.69 Å². The summed E-state index contributed by atoms with van der Waals surface area (Å²) in [5.74, 6) is 0.747. The maximum atomic E-state index is 6.27. The Bertz CT molecular complexity index is 556. The lowest BCUT2D eigenvalue weighted by molar-refractivity contribution is 0.317. The van der Waals surface area contributed by atoms with Crippen LogP contribution in [-0.4, -0.2) is 6.61 Å². The zero-order chi connectivity index (χ0) is 15.1. The molecule has 1 atom stereocenters. The highest BCUT2D eigenvalue weighted by molar-refractivity contribution is 6.32. The minimum absolute atomic E-state index is 0.282. The number of benzene rings is 2. The Morgan fingerprint density at radius 1 is 1.10 bits per heavy atom. The molecule has 0 spiro atoms. The zero-order valence-corrected chi connectivity index (χ0v) is 13.4. The van der Waals surface area contributed by atoms with Crippen molar-refractivity contribution < 1.29 is 4.74 Å². The van der Waals surface area contributed by atoms with Gasteiger partial charge in [-0.3, -0.25) is 0 Å². The molecule has 2 rings (SSSR count). The van der Waals surface area contributed by atoms with Gasteiger partial charge in [-0.2, -0.15) is 0 Å². The highest BCUT2D eigenvalue weighted by Crippen LogP contribution is 2.30. The summed E-state index contributed by atoms with van der Waals surface area (Å²) in [6, 6.07) is 16.6. The Balaban J connectivity index is 2.10. The first-order chi connectivity index (χ1) is 10.2. The first kappa shape index (κ1) is 15.7. The number of hydrogen-bond acceptors (Lipinski definition) is 2. The fourth-order valence-electron chi connectivity index (χ4n) is 2.23. The highest BCUT2D eigenvalue weighted by Gasteiger charge is 2.10. The number of rotatable bonds is 7. The Morgan fingerprint density at radius 3 is 2.48 bits per heavy atom. The molecule has 2 aromatic carbocycles. The van der Waals surface area contributed by atoms with Crippen molar-refractivity contribution in [2.24, 2.45) is 0 Å². The Labute approximate surface area is 132 Å². The lowest BCUT2D eigenvalue weighted by Crippen LogP contribution is -2.09. The van der Waals surface area contributed by atoms with Crippen LogP contribution in [0.25, 0.3) is 0 Å². The van der Waals surface area contributed by atoms with Gasteiger partial charge in [0.15, 0.2) is 0 Å². The summed E-state index contributed by atoms with van der Waals surface area (Å²) in [5, 5.41) is 4.18. The molecule has 1 N–H and O–H groups in total. The van der Waals surface area contributed by atoms with E-state index in [-0.39, 0.29) is 6.04 Å². The molecular formula is C18H22ClNO. The lowest BCUT2D eigenvalue weighted by atomic mass is 10.0. The highest BCUT2D eigenvalue weighted by atomic mass is 35.5. The van der Waals surface area contributed by atoms with E-state index in [4.69, 9.17) is 16.3 Å². The average molecular weight is 304 g/mol. The van der Waals surface area contributed by atoms with Crippen LogP contribution in [0.15, 0.2) is 48.5 Å². The third kappa shape index (κ3) is 4.40. The molecule has 1 unspecified atom stereocenters. The summed E-state index contributed by atoms with van der Waals surface area (Å²) >= 11 is 6.27. The smallest absolute Gasteiger partial charge is 0.138 e. The maximum absolute atomic E-state index is 6.27. The van der Waals surface area contributed by atoms with E-state index >= 15 is 0 Å². The van der Waals surface area contributed by atoms with Crippen LogP contribution in [0, 0.1) is 0 Å². The van der Waals surface area contributed by atoms with Crippen LogP contribution in [0.1, 0.15) is 38.3 Å². The number of nitrogens with one attached hydrogen (secondary N) is 1. The van der Waals surface area contributed by atoms with E-state index in [0.29, 0.717) is 11.6 Å². The van der Waals surface area contributed by atoms with Crippen molar-refractivity contribution in [3.8, 4) is 5.75 Å². The molecular weight excluding hydrogens is 282 g/mol. The normalized spacial score (nSPS) is 12.0. The van der Waals surface area contributed by atoms with Gasteiger partial charge in [-0.15, -0.1) is 0 Å². The average Bonchev–Trinajstić information content (AvgIpc) is 2.52. The van der Waals surface area contributed by atoms with Crippen molar-refractivity contribution in [1.29, 1.82) is 0 Å². The van der Waals surface area contributed by atoms with Crippen molar-refractivity contribution >= 4 is 17.3 Å². The van der Waals surface area contributed by atoms with Gasteiger partial charge in [0.25, 0.3) is 0 Å². The molecule has 0 saturated carbocycles. The Hall–Kier alpha value is -1.67. The van der Waals surface area contributed by atoms with Crippen molar-refractivity contribution in [2.45, 2.75) is 32.7 Å². The molecule has 21 heavy (non-hydrogen) atoms. The van der Waals surface area contributed by atoms with E-state index in [1.165, 1.54) is 5.56 Å². The van der Waals surface area contributed by atoms with Crippen molar-refractivity contribution in [2.75, 3.05) is 11.9 Å². The minimum atomic E-state index is 0.282. The van der Waals surface area contributed by atoms with E-state index in [0.717, 1.165) is 24.3 Å². The zero-order valence-electron chi connectivity index (χ0n) is 12.6. The summed E-state index contributed by atoms with van der Waals surface area (Å²) in [6.45, 7) is 4.94. The molecule has 0 amide bonds. The van der Waals surface area contributed by atoms with Gasteiger partial charge in [-0.05, 0) is 36.6 Å². The number of hydrogen-bond donors (Lipinski definition) is 1. The predicted octanol–water partition coefficient (Wildman–Crippen LogP) is 5.69. The van der Waals surface area contributed by atoms with Crippen LogP contribution in [0.2, 0.25) is 5.02 Å². The molecule has 0 saturated heterocycles. The molecule has 0 heterocycles. The van der Waals surface area contributed by atoms with Crippen molar-refractivity contribution in [1.82, 2.24) is 0 Å². The number of halogens is 1. The topological polar surface area (TPSA) is 21.3 Å². The maximum Gasteiger partial charge on any atom is 0.138 e. The summed E-state index contributed by atoms with van der Waals surface area (Å²) in [4.78, 5) is 0. The van der Waals surface area contributed by atoms with Crippen molar-refractivity contribution in [3.63, 3.8) is 0 Å². The largest absolute Gasteiger partial charge is 0.492 e. The summed E-state index contributed by atoms with van der Waals surface area (Å²) in [5.41, 5.74) is 2.29. The molecule has 0 aliphatic rings. The minimum Gasteiger partial charge on any atom is -0.492 e. The molecule has 2 aromatic rings. The first-order valence-corrected chi connectivity index (χ1v) is 7.86. The molecule has 0 aromatic heterocycles. The van der Waals surface area contributed by atoms with Crippen LogP contribution in [0.5, 0.6) is 5.75 Å². The fraction of sp³-hybridized carbons (Fsp3) is 0.333. The number of ether oxygens (including phenoxy) is 1. The standard InChI is InChI=1S/C18H22ClNO/c1-3-12-21-18-11-10-15(13-16(18)19)20-17(4-2)14-8-6-5-7-9-14/h5-11,13,17,20H,3-4,12H2,1-2H3. The second-order valence-electron chi connectivity index (χ2n) is 5.01. The molecule has 0 radical (unpaired) electrons. The molecule has 0 aliphatic carbocycles. The van der Waals surface area contributed by atoms with Crippen molar-refractivity contribution in [3.05, 3.63) is 59.1 Å². The van der Waals surface area contributed by atoms with Crippen LogP contribution >= 0.6 is 11.6 Å². The molecule has 3 heteroatoms. The van der Waals surface area contributed by atoms with Gasteiger partial charge < -0.3 is 10.1 Å². The summed E-state index contributed by atoms with van der Waals surface area (Å²) in [7, 11) is 0. The van der Waals surface area contributed by atoms with Gasteiger partial charge in [-0.25, -0.2) is 0 Å². The fourth-order valence-corrected chi connectivity index (χ4v) is 2.46. The van der Waals surface area contributed by atoms with Gasteiger partial charge >= 0.3 is 0 Å². The van der Waals surface area contributed by atoms with Gasteiger partial charge in [0.05, 0.1) is 17.7 Å². The van der Waals surface area contributed by atoms with Gasteiger partial charge in [-0.1, -0.05) is 55.8 Å². The summed E-state index contributed by atoms with van der Waals surface area (Å²) in [6.07, 6.45) is 1.98. The van der Waals surface area contributed by atoms with Gasteiger partial charge in [0.2, 0.25) is 0 Å². The third-order valence-corrected chi connectivity index (χ3v) is 3.64. The second kappa shape index (κ2) is 7.94. The third-order valence-electron chi connectivity index (χ3n) is 3.34.